The van der Waals surface area contributed by atoms with Crippen LogP contribution in [0.5, 0.6) is 0 Å². The topological polar surface area (TPSA) is 85.4 Å². The predicted octanol–water partition coefficient (Wildman–Crippen LogP) is 5.19. The minimum atomic E-state index is -0.261. The summed E-state index contributed by atoms with van der Waals surface area (Å²) in [4.78, 5) is 26.7. The average Bonchev–Trinajstić information content (AvgIpc) is 2.95. The van der Waals surface area contributed by atoms with E-state index in [9.17, 15) is 4.79 Å². The Bertz CT molecular complexity index is 1230. The maximum Gasteiger partial charge on any atom is 0.256 e. The van der Waals surface area contributed by atoms with E-state index >= 15 is 0 Å². The standard InChI is InChI=1S/C30H37N7O/c1-3-17-31-28(38)26-22-32-29(35-27(26)33-23-7-5-4-6-8-23)34-24-9-11-25(12-10-24)37-20-15-30(16-21-37)13-18-36(2)19-14-30/h3-12,22H,1,13-21H2,2H3,(H,31,38)(H2,32,33,34,35). The molecule has 38 heavy (non-hydrogen) atoms. The van der Waals surface area contributed by atoms with E-state index in [1.807, 2.05) is 30.3 Å². The van der Waals surface area contributed by atoms with Crippen LogP contribution in [-0.2, 0) is 0 Å². The molecule has 1 spiro atoms. The van der Waals surface area contributed by atoms with Crippen LogP contribution in [0.1, 0.15) is 36.0 Å². The van der Waals surface area contributed by atoms with Crippen LogP contribution in [0.3, 0.4) is 0 Å². The first-order chi connectivity index (χ1) is 18.5. The predicted molar refractivity (Wildman–Crippen MR) is 155 cm³/mol. The van der Waals surface area contributed by atoms with Crippen molar-refractivity contribution in [3.8, 4) is 0 Å². The smallest absolute Gasteiger partial charge is 0.256 e. The fraction of sp³-hybridized carbons (Fsp3) is 0.367. The molecule has 2 aliphatic rings. The monoisotopic (exact) mass is 511 g/mol. The molecule has 0 bridgehead atoms. The lowest BCUT2D eigenvalue weighted by Crippen LogP contribution is -2.46. The molecule has 3 N–H and O–H groups in total. The molecule has 5 rings (SSSR count). The molecule has 2 aliphatic heterocycles. The van der Waals surface area contributed by atoms with Gasteiger partial charge in [0.25, 0.3) is 5.91 Å². The Labute approximate surface area is 225 Å². The third-order valence-corrected chi connectivity index (χ3v) is 7.84. The number of hydrogen-bond acceptors (Lipinski definition) is 7. The van der Waals surface area contributed by atoms with Crippen molar-refractivity contribution < 1.29 is 4.79 Å². The molecule has 0 saturated carbocycles. The summed E-state index contributed by atoms with van der Waals surface area (Å²) in [6.45, 7) is 8.71. The summed E-state index contributed by atoms with van der Waals surface area (Å²) >= 11 is 0. The number of nitrogens with one attached hydrogen (secondary N) is 3. The van der Waals surface area contributed by atoms with E-state index in [0.717, 1.165) is 24.5 Å². The third kappa shape index (κ3) is 6.14. The van der Waals surface area contributed by atoms with Crippen LogP contribution >= 0.6 is 0 Å². The van der Waals surface area contributed by atoms with Gasteiger partial charge in [0.05, 0.1) is 0 Å². The lowest BCUT2D eigenvalue weighted by atomic mass is 9.71. The van der Waals surface area contributed by atoms with Gasteiger partial charge in [-0.1, -0.05) is 24.3 Å². The van der Waals surface area contributed by atoms with Crippen molar-refractivity contribution in [2.24, 2.45) is 5.41 Å². The number of benzene rings is 2. The van der Waals surface area contributed by atoms with E-state index < -0.39 is 0 Å². The normalized spacial score (nSPS) is 17.1. The molecule has 2 saturated heterocycles. The Balaban J connectivity index is 1.26. The summed E-state index contributed by atoms with van der Waals surface area (Å²) in [7, 11) is 2.23. The summed E-state index contributed by atoms with van der Waals surface area (Å²) in [5, 5.41) is 9.33. The van der Waals surface area contributed by atoms with Gasteiger partial charge in [0.15, 0.2) is 0 Å². The first-order valence-electron chi connectivity index (χ1n) is 13.4. The second kappa shape index (κ2) is 11.6. The van der Waals surface area contributed by atoms with Crippen molar-refractivity contribution >= 4 is 34.7 Å². The van der Waals surface area contributed by atoms with E-state index in [4.69, 9.17) is 0 Å². The SMILES string of the molecule is C=CCNC(=O)c1cnc(Nc2ccc(N3CCC4(CCN(C)CC4)CC3)cc2)nc1Nc1ccccc1. The molecule has 0 atom stereocenters. The number of amides is 1. The molecule has 3 heterocycles. The molecule has 1 aromatic heterocycles. The highest BCUT2D eigenvalue weighted by Crippen LogP contribution is 2.42. The second-order valence-corrected chi connectivity index (χ2v) is 10.4. The zero-order chi connectivity index (χ0) is 26.4. The van der Waals surface area contributed by atoms with Gasteiger partial charge in [0.2, 0.25) is 5.95 Å². The molecule has 0 radical (unpaired) electrons. The van der Waals surface area contributed by atoms with E-state index in [2.05, 4.69) is 73.6 Å². The van der Waals surface area contributed by atoms with Gasteiger partial charge in [-0.05, 0) is 87.6 Å². The molecule has 3 aromatic rings. The summed E-state index contributed by atoms with van der Waals surface area (Å²) < 4.78 is 0. The number of piperidine rings is 2. The van der Waals surface area contributed by atoms with Gasteiger partial charge in [-0.15, -0.1) is 6.58 Å². The van der Waals surface area contributed by atoms with Crippen molar-refractivity contribution in [3.63, 3.8) is 0 Å². The summed E-state index contributed by atoms with van der Waals surface area (Å²) in [5.74, 6) is 0.587. The fourth-order valence-electron chi connectivity index (χ4n) is 5.34. The largest absolute Gasteiger partial charge is 0.371 e. The number of para-hydroxylation sites is 1. The van der Waals surface area contributed by atoms with Crippen molar-refractivity contribution in [1.82, 2.24) is 20.2 Å². The third-order valence-electron chi connectivity index (χ3n) is 7.84. The van der Waals surface area contributed by atoms with Gasteiger partial charge in [0, 0.05) is 42.9 Å². The number of nitrogens with zero attached hydrogens (tertiary/aromatic N) is 4. The van der Waals surface area contributed by atoms with E-state index in [1.165, 1.54) is 44.5 Å². The molecule has 198 valence electrons. The number of carbonyl (C=O) groups is 1. The zero-order valence-electron chi connectivity index (χ0n) is 22.1. The Morgan fingerprint density at radius 3 is 2.29 bits per heavy atom. The first-order valence-corrected chi connectivity index (χ1v) is 13.4. The molecule has 1 amide bonds. The van der Waals surface area contributed by atoms with Crippen molar-refractivity contribution in [1.29, 1.82) is 0 Å². The molecular weight excluding hydrogens is 474 g/mol. The average molecular weight is 512 g/mol. The van der Waals surface area contributed by atoms with E-state index in [-0.39, 0.29) is 5.91 Å². The van der Waals surface area contributed by atoms with Crippen LogP contribution in [0.4, 0.5) is 28.8 Å². The summed E-state index contributed by atoms with van der Waals surface area (Å²) in [6.07, 6.45) is 8.39. The lowest BCUT2D eigenvalue weighted by molar-refractivity contribution is 0.0944. The Morgan fingerprint density at radius 2 is 1.61 bits per heavy atom. The zero-order valence-corrected chi connectivity index (χ0v) is 22.1. The number of anilines is 5. The second-order valence-electron chi connectivity index (χ2n) is 10.4. The maximum absolute atomic E-state index is 12.7. The van der Waals surface area contributed by atoms with Crippen molar-refractivity contribution in [2.75, 3.05) is 55.3 Å². The van der Waals surface area contributed by atoms with Crippen LogP contribution in [0, 0.1) is 5.41 Å². The highest BCUT2D eigenvalue weighted by molar-refractivity contribution is 5.99. The first kappa shape index (κ1) is 25.7. The lowest BCUT2D eigenvalue weighted by Gasteiger charge is -2.46. The Kier molecular flexibility index (Phi) is 7.89. The van der Waals surface area contributed by atoms with Crippen molar-refractivity contribution in [3.05, 3.63) is 79.0 Å². The molecule has 0 unspecified atom stereocenters. The minimum Gasteiger partial charge on any atom is -0.371 e. The van der Waals surface area contributed by atoms with Crippen molar-refractivity contribution in [2.45, 2.75) is 25.7 Å². The van der Waals surface area contributed by atoms with Gasteiger partial charge in [-0.2, -0.15) is 4.98 Å². The van der Waals surface area contributed by atoms with Gasteiger partial charge in [-0.3, -0.25) is 4.79 Å². The van der Waals surface area contributed by atoms with E-state index in [0.29, 0.717) is 29.3 Å². The van der Waals surface area contributed by atoms with Crippen LogP contribution in [0.15, 0.2) is 73.4 Å². The van der Waals surface area contributed by atoms with Crippen LogP contribution in [-0.4, -0.2) is 60.5 Å². The van der Waals surface area contributed by atoms with Gasteiger partial charge in [-0.25, -0.2) is 4.98 Å². The number of rotatable bonds is 8. The van der Waals surface area contributed by atoms with Crippen LogP contribution in [0.25, 0.3) is 0 Å². The molecule has 8 heteroatoms. The number of aromatic nitrogens is 2. The molecule has 2 aromatic carbocycles. The highest BCUT2D eigenvalue weighted by atomic mass is 16.1. The molecule has 0 aliphatic carbocycles. The minimum absolute atomic E-state index is 0.261. The molecular formula is C30H37N7O. The van der Waals surface area contributed by atoms with Gasteiger partial charge < -0.3 is 25.8 Å². The fourth-order valence-corrected chi connectivity index (χ4v) is 5.34. The maximum atomic E-state index is 12.7. The summed E-state index contributed by atoms with van der Waals surface area (Å²) in [6, 6.07) is 18.1. The summed E-state index contributed by atoms with van der Waals surface area (Å²) in [5.41, 5.74) is 3.89. The molecule has 8 nitrogen and oxygen atoms in total. The number of likely N-dealkylation sites (tertiary alicyclic amines) is 1. The van der Waals surface area contributed by atoms with Crippen LogP contribution in [0.2, 0.25) is 0 Å². The quantitative estimate of drug-likeness (QED) is 0.359. The van der Waals surface area contributed by atoms with Gasteiger partial charge in [0.1, 0.15) is 11.4 Å². The Morgan fingerprint density at radius 1 is 0.947 bits per heavy atom. The van der Waals surface area contributed by atoms with Crippen LogP contribution < -0.4 is 20.9 Å². The highest BCUT2D eigenvalue weighted by Gasteiger charge is 2.36. The number of hydrogen-bond donors (Lipinski definition) is 3. The molecule has 2 fully saturated rings. The number of carbonyl (C=O) groups excluding carboxylic acids is 1. The Hall–Kier alpha value is -3.91. The van der Waals surface area contributed by atoms with Gasteiger partial charge >= 0.3 is 0 Å². The van der Waals surface area contributed by atoms with E-state index in [1.54, 1.807) is 12.3 Å².